The molecular formula is C19H26N2O3. The van der Waals surface area contributed by atoms with Gasteiger partial charge in [0, 0.05) is 38.7 Å². The van der Waals surface area contributed by atoms with Crippen LogP contribution in [0.2, 0.25) is 0 Å². The lowest BCUT2D eigenvalue weighted by atomic mass is 9.74. The highest BCUT2D eigenvalue weighted by Crippen LogP contribution is 2.52. The minimum atomic E-state index is -0.141. The summed E-state index contributed by atoms with van der Waals surface area (Å²) in [5.41, 5.74) is 0.992. The molecular weight excluding hydrogens is 304 g/mol. The molecule has 24 heavy (non-hydrogen) atoms. The van der Waals surface area contributed by atoms with E-state index in [4.69, 9.17) is 9.47 Å². The molecule has 3 heterocycles. The van der Waals surface area contributed by atoms with E-state index >= 15 is 0 Å². The molecule has 1 unspecified atom stereocenters. The number of pyridine rings is 1. The van der Waals surface area contributed by atoms with E-state index < -0.39 is 0 Å². The molecule has 1 aromatic rings. The topological polar surface area (TPSA) is 51.7 Å². The van der Waals surface area contributed by atoms with E-state index in [1.54, 1.807) is 12.4 Å². The van der Waals surface area contributed by atoms with Gasteiger partial charge in [0.2, 0.25) is 5.91 Å². The molecule has 0 spiro atoms. The van der Waals surface area contributed by atoms with Gasteiger partial charge in [-0.3, -0.25) is 9.78 Å². The summed E-state index contributed by atoms with van der Waals surface area (Å²) in [5.74, 6) is 0.953. The van der Waals surface area contributed by atoms with Crippen molar-refractivity contribution in [1.29, 1.82) is 0 Å². The molecule has 1 aliphatic carbocycles. The fourth-order valence-corrected chi connectivity index (χ4v) is 4.22. The molecule has 3 fully saturated rings. The van der Waals surface area contributed by atoms with Crippen molar-refractivity contribution < 1.29 is 14.3 Å². The van der Waals surface area contributed by atoms with Crippen LogP contribution in [-0.2, 0) is 20.9 Å². The van der Waals surface area contributed by atoms with Crippen molar-refractivity contribution in [2.45, 2.75) is 44.8 Å². The Bertz CT molecular complexity index is 567. The number of ether oxygens (including phenoxy) is 2. The van der Waals surface area contributed by atoms with Gasteiger partial charge < -0.3 is 14.4 Å². The van der Waals surface area contributed by atoms with E-state index in [1.807, 2.05) is 12.1 Å². The van der Waals surface area contributed by atoms with Crippen molar-refractivity contribution in [2.24, 2.45) is 11.3 Å². The second-order valence-electron chi connectivity index (χ2n) is 7.37. The van der Waals surface area contributed by atoms with Gasteiger partial charge in [-0.25, -0.2) is 0 Å². The Balaban J connectivity index is 1.34. The molecule has 0 radical (unpaired) electrons. The first kappa shape index (κ1) is 16.0. The van der Waals surface area contributed by atoms with Crippen LogP contribution in [0.25, 0.3) is 0 Å². The highest BCUT2D eigenvalue weighted by molar-refractivity contribution is 5.84. The first-order valence-electron chi connectivity index (χ1n) is 9.15. The van der Waals surface area contributed by atoms with Gasteiger partial charge in [-0.05, 0) is 55.7 Å². The molecule has 130 valence electrons. The second kappa shape index (κ2) is 6.81. The van der Waals surface area contributed by atoms with E-state index in [-0.39, 0.29) is 11.5 Å². The highest BCUT2D eigenvalue weighted by atomic mass is 16.5. The molecule has 0 N–H and O–H groups in total. The summed E-state index contributed by atoms with van der Waals surface area (Å²) in [5, 5.41) is 0. The Kier molecular flexibility index (Phi) is 4.55. The first-order chi connectivity index (χ1) is 11.8. The smallest absolute Gasteiger partial charge is 0.229 e. The maximum Gasteiger partial charge on any atom is 0.229 e. The van der Waals surface area contributed by atoms with Crippen LogP contribution in [0.4, 0.5) is 0 Å². The first-order valence-corrected chi connectivity index (χ1v) is 9.15. The van der Waals surface area contributed by atoms with Gasteiger partial charge in [-0.1, -0.05) is 0 Å². The van der Waals surface area contributed by atoms with Crippen molar-refractivity contribution >= 4 is 5.91 Å². The van der Waals surface area contributed by atoms with Gasteiger partial charge in [0.05, 0.1) is 18.1 Å². The quantitative estimate of drug-likeness (QED) is 0.832. The molecule has 4 rings (SSSR count). The largest absolute Gasteiger partial charge is 0.381 e. The number of hydrogen-bond acceptors (Lipinski definition) is 4. The van der Waals surface area contributed by atoms with Crippen LogP contribution in [0.15, 0.2) is 24.5 Å². The number of hydrogen-bond donors (Lipinski definition) is 0. The molecule has 1 atom stereocenters. The summed E-state index contributed by atoms with van der Waals surface area (Å²) in [6, 6.07) is 3.95. The number of likely N-dealkylation sites (tertiary alicyclic amines) is 1. The minimum Gasteiger partial charge on any atom is -0.381 e. The normalized spacial score (nSPS) is 26.5. The van der Waals surface area contributed by atoms with E-state index in [9.17, 15) is 4.79 Å². The van der Waals surface area contributed by atoms with Crippen LogP contribution in [0.5, 0.6) is 0 Å². The van der Waals surface area contributed by atoms with E-state index in [0.717, 1.165) is 51.1 Å². The fourth-order valence-electron chi connectivity index (χ4n) is 4.22. The second-order valence-corrected chi connectivity index (χ2v) is 7.37. The number of amides is 1. The summed E-state index contributed by atoms with van der Waals surface area (Å²) in [4.78, 5) is 19.3. The minimum absolute atomic E-state index is 0.141. The van der Waals surface area contributed by atoms with Crippen molar-refractivity contribution in [2.75, 3.05) is 26.3 Å². The van der Waals surface area contributed by atoms with Crippen LogP contribution in [0, 0.1) is 11.3 Å². The van der Waals surface area contributed by atoms with Crippen LogP contribution in [0.1, 0.15) is 37.7 Å². The average Bonchev–Trinajstić information content (AvgIpc) is 3.40. The lowest BCUT2D eigenvalue weighted by Gasteiger charge is -2.39. The molecule has 2 saturated heterocycles. The van der Waals surface area contributed by atoms with Gasteiger partial charge in [-0.2, -0.15) is 0 Å². The van der Waals surface area contributed by atoms with Gasteiger partial charge in [0.15, 0.2) is 0 Å². The van der Waals surface area contributed by atoms with Crippen LogP contribution < -0.4 is 0 Å². The third-order valence-corrected chi connectivity index (χ3v) is 5.84. The zero-order valence-electron chi connectivity index (χ0n) is 14.2. The fraction of sp³-hybridized carbons (Fsp3) is 0.684. The number of nitrogens with zero attached hydrogens (tertiary/aromatic N) is 2. The monoisotopic (exact) mass is 330 g/mol. The third-order valence-electron chi connectivity index (χ3n) is 5.84. The van der Waals surface area contributed by atoms with Crippen molar-refractivity contribution in [3.05, 3.63) is 30.1 Å². The van der Waals surface area contributed by atoms with E-state index in [0.29, 0.717) is 18.4 Å². The van der Waals surface area contributed by atoms with Crippen molar-refractivity contribution in [3.63, 3.8) is 0 Å². The van der Waals surface area contributed by atoms with E-state index in [1.165, 1.54) is 12.8 Å². The number of aromatic nitrogens is 1. The standard InChI is InChI=1S/C19H26N2O3/c22-18(19(16-1-2-16)6-11-23-12-7-19)21-10-5-17(13-21)24-14-15-3-8-20-9-4-15/h3-4,8-9,16-17H,1-2,5-7,10-14H2. The average molecular weight is 330 g/mol. The molecule has 5 nitrogen and oxygen atoms in total. The van der Waals surface area contributed by atoms with Gasteiger partial charge in [0.25, 0.3) is 0 Å². The van der Waals surface area contributed by atoms with Crippen molar-refractivity contribution in [3.8, 4) is 0 Å². The molecule has 0 bridgehead atoms. The summed E-state index contributed by atoms with van der Waals surface area (Å²) in [7, 11) is 0. The number of carbonyl (C=O) groups excluding carboxylic acids is 1. The zero-order chi connectivity index (χ0) is 16.4. The Morgan fingerprint density at radius 3 is 2.71 bits per heavy atom. The van der Waals surface area contributed by atoms with Crippen LogP contribution in [0.3, 0.4) is 0 Å². The highest BCUT2D eigenvalue weighted by Gasteiger charge is 2.53. The molecule has 3 aliphatic rings. The van der Waals surface area contributed by atoms with Gasteiger partial charge >= 0.3 is 0 Å². The number of carbonyl (C=O) groups is 1. The SMILES string of the molecule is O=C(N1CCC(OCc2ccncc2)C1)C1(C2CC2)CCOCC1. The summed E-state index contributed by atoms with van der Waals surface area (Å²) < 4.78 is 11.5. The Labute approximate surface area is 143 Å². The van der Waals surface area contributed by atoms with Gasteiger partial charge in [0.1, 0.15) is 0 Å². The summed E-state index contributed by atoms with van der Waals surface area (Å²) in [6.45, 7) is 3.63. The Hall–Kier alpha value is -1.46. The molecule has 1 saturated carbocycles. The van der Waals surface area contributed by atoms with Crippen molar-refractivity contribution in [1.82, 2.24) is 9.88 Å². The molecule has 2 aliphatic heterocycles. The van der Waals surface area contributed by atoms with Gasteiger partial charge in [-0.15, -0.1) is 0 Å². The molecule has 1 aromatic heterocycles. The summed E-state index contributed by atoms with van der Waals surface area (Å²) >= 11 is 0. The van der Waals surface area contributed by atoms with Crippen LogP contribution >= 0.6 is 0 Å². The lowest BCUT2D eigenvalue weighted by Crippen LogP contribution is -2.47. The van der Waals surface area contributed by atoms with E-state index in [2.05, 4.69) is 9.88 Å². The molecule has 5 heteroatoms. The van der Waals surface area contributed by atoms with Crippen LogP contribution in [-0.4, -0.2) is 48.2 Å². The molecule has 1 amide bonds. The number of rotatable bonds is 5. The Morgan fingerprint density at radius 1 is 1.25 bits per heavy atom. The maximum absolute atomic E-state index is 13.2. The zero-order valence-corrected chi connectivity index (χ0v) is 14.2. The predicted molar refractivity (Wildman–Crippen MR) is 89.2 cm³/mol. The lowest BCUT2D eigenvalue weighted by molar-refractivity contribution is -0.149. The third kappa shape index (κ3) is 3.20. The maximum atomic E-state index is 13.2. The predicted octanol–water partition coefficient (Wildman–Crippen LogP) is 2.41. The summed E-state index contributed by atoms with van der Waals surface area (Å²) in [6.07, 6.45) is 8.88. The Morgan fingerprint density at radius 2 is 2.00 bits per heavy atom. The molecule has 0 aromatic carbocycles.